The van der Waals surface area contributed by atoms with Crippen molar-refractivity contribution < 1.29 is 34.2 Å². The van der Waals surface area contributed by atoms with Crippen molar-refractivity contribution in [2.24, 2.45) is 36.1 Å². The molecule has 0 spiro atoms. The van der Waals surface area contributed by atoms with Crippen LogP contribution in [0.5, 0.6) is 5.75 Å². The molecule has 6 atom stereocenters. The molecular weight excluding hydrogens is 716 g/mol. The number of anilines is 1. The second-order valence-electron chi connectivity index (χ2n) is 15.0. The topological polar surface area (TPSA) is 150 Å². The Morgan fingerprint density at radius 2 is 1.79 bits per heavy atom. The number of aryl methyl sites for hydroxylation is 2. The molecule has 0 bridgehead atoms. The Labute approximate surface area is 314 Å². The number of para-hydroxylation sites is 1. The van der Waals surface area contributed by atoms with Gasteiger partial charge in [-0.3, -0.25) is 33.6 Å². The number of carbonyl (C=O) groups excluding carboxylic acids is 4. The summed E-state index contributed by atoms with van der Waals surface area (Å²) in [6.45, 7) is 3.99. The number of hydrogen-bond acceptors (Lipinski definition) is 8. The number of imide groups is 2. The number of allylic oxidation sites excluding steroid dienone is 2. The summed E-state index contributed by atoms with van der Waals surface area (Å²) in [5, 5.41) is 26.7. The lowest BCUT2D eigenvalue weighted by atomic mass is 9.51. The van der Waals surface area contributed by atoms with Crippen LogP contribution in [0.1, 0.15) is 62.5 Å². The number of amides is 4. The Morgan fingerprint density at radius 1 is 1.02 bits per heavy atom. The van der Waals surface area contributed by atoms with Crippen molar-refractivity contribution in [3.8, 4) is 16.3 Å². The van der Waals surface area contributed by atoms with Gasteiger partial charge in [-0.2, -0.15) is 5.10 Å². The lowest BCUT2D eigenvalue weighted by Gasteiger charge is -2.49. The first kappa shape index (κ1) is 35.2. The molecule has 2 N–H and O–H groups in total. The molecule has 274 valence electrons. The zero-order valence-electron chi connectivity index (χ0n) is 29.5. The van der Waals surface area contributed by atoms with Crippen LogP contribution in [-0.4, -0.2) is 61.0 Å². The van der Waals surface area contributed by atoms with Gasteiger partial charge in [0.25, 0.3) is 0 Å². The highest BCUT2D eigenvalue weighted by Crippen LogP contribution is 2.64. The molecule has 2 saturated heterocycles. The van der Waals surface area contributed by atoms with Gasteiger partial charge in [0.05, 0.1) is 28.0 Å². The van der Waals surface area contributed by atoms with E-state index in [1.807, 2.05) is 31.2 Å². The molecule has 2 aromatic carbocycles. The molecule has 0 radical (unpaired) electrons. The average molecular weight is 755 g/mol. The normalized spacial score (nSPS) is 26.6. The van der Waals surface area contributed by atoms with Crippen LogP contribution < -0.4 is 4.90 Å². The SMILES string of the molecule is Cc1c(-c2cc(N3C(=O)C4CC5C(=CCC6C(=O)N(CCCCCC(=O)O)C(=O)C65)C(c5ccccc5O)C4(C)C3=O)n(C)n2)sc2ccc(Cl)cc12. The third kappa shape index (κ3) is 5.35. The number of carbonyl (C=O) groups is 5. The van der Waals surface area contributed by atoms with E-state index in [2.05, 4.69) is 0 Å². The van der Waals surface area contributed by atoms with Crippen molar-refractivity contribution in [3.63, 3.8) is 0 Å². The van der Waals surface area contributed by atoms with Crippen LogP contribution in [0, 0.1) is 36.0 Å². The number of benzene rings is 2. The molecule has 4 amide bonds. The highest BCUT2D eigenvalue weighted by molar-refractivity contribution is 7.22. The zero-order chi connectivity index (χ0) is 37.5. The number of phenolic OH excluding ortho intramolecular Hbond substituents is 1. The molecule has 6 unspecified atom stereocenters. The lowest BCUT2D eigenvalue weighted by Crippen LogP contribution is -2.49. The van der Waals surface area contributed by atoms with Gasteiger partial charge in [0, 0.05) is 47.3 Å². The van der Waals surface area contributed by atoms with Gasteiger partial charge in [-0.1, -0.05) is 47.9 Å². The maximum absolute atomic E-state index is 15.0. The number of phenols is 1. The quantitative estimate of drug-likeness (QED) is 0.107. The first-order valence-corrected chi connectivity index (χ1v) is 19.2. The van der Waals surface area contributed by atoms with Crippen LogP contribution in [0.15, 0.2) is 60.2 Å². The number of carboxylic acids is 1. The number of fused-ring (bicyclic) bond motifs is 5. The largest absolute Gasteiger partial charge is 0.508 e. The van der Waals surface area contributed by atoms with Gasteiger partial charge in [0.2, 0.25) is 23.6 Å². The first-order chi connectivity index (χ1) is 25.3. The third-order valence-electron chi connectivity index (χ3n) is 12.1. The van der Waals surface area contributed by atoms with Crippen molar-refractivity contribution in [3.05, 3.63) is 76.3 Å². The lowest BCUT2D eigenvalue weighted by molar-refractivity contribution is -0.141. The Bertz CT molecular complexity index is 2280. The van der Waals surface area contributed by atoms with Crippen molar-refractivity contribution in [1.29, 1.82) is 0 Å². The predicted molar refractivity (Wildman–Crippen MR) is 199 cm³/mol. The van der Waals surface area contributed by atoms with Gasteiger partial charge in [-0.25, -0.2) is 4.90 Å². The molecule has 53 heavy (non-hydrogen) atoms. The van der Waals surface area contributed by atoms with E-state index >= 15 is 0 Å². The van der Waals surface area contributed by atoms with Crippen LogP contribution in [0.25, 0.3) is 20.7 Å². The summed E-state index contributed by atoms with van der Waals surface area (Å²) in [5.74, 6) is -5.30. The van der Waals surface area contributed by atoms with Gasteiger partial charge in [0.15, 0.2) is 0 Å². The fraction of sp³-hybridized carbons (Fsp3) is 0.400. The number of nitrogens with zero attached hydrogens (tertiary/aromatic N) is 4. The minimum absolute atomic E-state index is 0.0141. The van der Waals surface area contributed by atoms with Crippen molar-refractivity contribution >= 4 is 68.4 Å². The van der Waals surface area contributed by atoms with E-state index in [1.165, 1.54) is 9.80 Å². The zero-order valence-corrected chi connectivity index (χ0v) is 31.1. The summed E-state index contributed by atoms with van der Waals surface area (Å²) in [6, 6.07) is 14.3. The second-order valence-corrected chi connectivity index (χ2v) is 16.4. The third-order valence-corrected chi connectivity index (χ3v) is 13.6. The number of aliphatic carboxylic acids is 1. The van der Waals surface area contributed by atoms with Gasteiger partial charge in [-0.15, -0.1) is 11.3 Å². The number of unbranched alkanes of at least 4 members (excludes halogenated alkanes) is 2. The number of likely N-dealkylation sites (tertiary alicyclic amines) is 1. The van der Waals surface area contributed by atoms with E-state index < -0.39 is 52.8 Å². The Morgan fingerprint density at radius 3 is 2.55 bits per heavy atom. The molecule has 2 aliphatic heterocycles. The maximum Gasteiger partial charge on any atom is 0.303 e. The molecule has 1 saturated carbocycles. The Hall–Kier alpha value is -4.81. The molecule has 4 aliphatic rings. The minimum atomic E-state index is -1.31. The fourth-order valence-electron chi connectivity index (χ4n) is 9.53. The van der Waals surface area contributed by atoms with Crippen LogP contribution >= 0.6 is 22.9 Å². The molecule has 4 heterocycles. The molecule has 2 aliphatic carbocycles. The van der Waals surface area contributed by atoms with E-state index in [9.17, 15) is 29.1 Å². The van der Waals surface area contributed by atoms with E-state index in [0.717, 1.165) is 26.1 Å². The summed E-state index contributed by atoms with van der Waals surface area (Å²) < 4.78 is 2.59. The summed E-state index contributed by atoms with van der Waals surface area (Å²) in [6.07, 6.45) is 4.02. The summed E-state index contributed by atoms with van der Waals surface area (Å²) >= 11 is 7.85. The number of halogens is 1. The molecule has 2 aromatic heterocycles. The smallest absolute Gasteiger partial charge is 0.303 e. The molecule has 13 heteroatoms. The highest BCUT2D eigenvalue weighted by Gasteiger charge is 2.68. The molecule has 4 aromatic rings. The van der Waals surface area contributed by atoms with Crippen molar-refractivity contribution in [2.45, 2.75) is 58.3 Å². The Balaban J connectivity index is 1.17. The Kier molecular flexibility index (Phi) is 8.61. The molecular formula is C40H39ClN4O7S. The summed E-state index contributed by atoms with van der Waals surface area (Å²) in [4.78, 5) is 72.0. The molecule has 3 fully saturated rings. The van der Waals surface area contributed by atoms with Gasteiger partial charge >= 0.3 is 5.97 Å². The number of thiophene rings is 1. The van der Waals surface area contributed by atoms with Crippen LogP contribution in [0.4, 0.5) is 5.82 Å². The van der Waals surface area contributed by atoms with Gasteiger partial charge in [-0.05, 0) is 80.7 Å². The maximum atomic E-state index is 15.0. The van der Waals surface area contributed by atoms with E-state index in [4.69, 9.17) is 21.8 Å². The number of rotatable bonds is 9. The van der Waals surface area contributed by atoms with Crippen LogP contribution in [0.3, 0.4) is 0 Å². The van der Waals surface area contributed by atoms with Crippen molar-refractivity contribution in [2.75, 3.05) is 11.4 Å². The predicted octanol–water partition coefficient (Wildman–Crippen LogP) is 6.84. The van der Waals surface area contributed by atoms with Crippen molar-refractivity contribution in [1.82, 2.24) is 14.7 Å². The minimum Gasteiger partial charge on any atom is -0.508 e. The molecule has 8 rings (SSSR count). The second kappa shape index (κ2) is 12.9. The number of hydrogen-bond donors (Lipinski definition) is 2. The van der Waals surface area contributed by atoms with E-state index in [-0.39, 0.29) is 37.0 Å². The summed E-state index contributed by atoms with van der Waals surface area (Å²) in [7, 11) is 1.70. The standard InChI is InChI=1S/C40H39ClN4O7S/c1-20-25-17-21(41)12-15-30(25)53-35(20)28-19-31(43(3)42-28)45-37(50)27-18-26-22(34(40(27,2)39(45)52)23-9-6-7-10-29(23)46)13-14-24-33(26)38(51)44(36(24)49)16-8-4-5-11-32(47)48/h6-7,9-10,12-13,15,17,19,24,26-27,33-34,46H,4-5,8,11,14,16,18H2,1-3H3,(H,47,48). The first-order valence-electron chi connectivity index (χ1n) is 18.0. The summed E-state index contributed by atoms with van der Waals surface area (Å²) in [5.41, 5.74) is 1.59. The molecule has 11 nitrogen and oxygen atoms in total. The van der Waals surface area contributed by atoms with E-state index in [0.29, 0.717) is 47.8 Å². The average Bonchev–Trinajstić information content (AvgIpc) is 3.79. The fourth-order valence-corrected chi connectivity index (χ4v) is 10.9. The van der Waals surface area contributed by atoms with E-state index in [1.54, 1.807) is 60.3 Å². The van der Waals surface area contributed by atoms with Gasteiger partial charge < -0.3 is 10.2 Å². The van der Waals surface area contributed by atoms with Gasteiger partial charge in [0.1, 0.15) is 17.3 Å². The monoisotopic (exact) mass is 754 g/mol. The highest BCUT2D eigenvalue weighted by atomic mass is 35.5. The number of aromatic nitrogens is 2. The number of carboxylic acid groups (broad SMARTS) is 1. The van der Waals surface area contributed by atoms with Crippen LogP contribution in [0.2, 0.25) is 5.02 Å². The number of aromatic hydroxyl groups is 1. The van der Waals surface area contributed by atoms with Crippen LogP contribution in [-0.2, 0) is 31.0 Å².